The summed E-state index contributed by atoms with van der Waals surface area (Å²) in [6.45, 7) is 5.43. The van der Waals surface area contributed by atoms with Crippen LogP contribution in [0.15, 0.2) is 18.2 Å². The van der Waals surface area contributed by atoms with Gasteiger partial charge >= 0.3 is 0 Å². The van der Waals surface area contributed by atoms with Gasteiger partial charge in [0.25, 0.3) is 0 Å². The number of hydrogen-bond donors (Lipinski definition) is 0. The number of likely N-dealkylation sites (N-methyl/N-ethyl adjacent to an activating group) is 1. The van der Waals surface area contributed by atoms with Crippen LogP contribution in [0.5, 0.6) is 0 Å². The van der Waals surface area contributed by atoms with E-state index in [1.807, 2.05) is 18.0 Å². The summed E-state index contributed by atoms with van der Waals surface area (Å²) in [7, 11) is 1.91. The lowest BCUT2D eigenvalue weighted by Gasteiger charge is -2.31. The van der Waals surface area contributed by atoms with Crippen LogP contribution in [-0.4, -0.2) is 48.4 Å². The standard InChI is InChI=1S/C17H24Cl2N2O/c1-3-14(12-21-8-4-5-9-21)20(2)17(22)11-13-6-7-15(18)16(19)10-13/h6-7,10,14H,3-5,8-9,11-12H2,1-2H3/t14-/m0/s1. The molecule has 0 aliphatic carbocycles. The summed E-state index contributed by atoms with van der Waals surface area (Å²) in [4.78, 5) is 16.9. The van der Waals surface area contributed by atoms with Crippen molar-refractivity contribution in [3.05, 3.63) is 33.8 Å². The Bertz CT molecular complexity index is 515. The summed E-state index contributed by atoms with van der Waals surface area (Å²) in [6.07, 6.45) is 3.89. The molecule has 22 heavy (non-hydrogen) atoms. The predicted octanol–water partition coefficient (Wildman–Crippen LogP) is 3.87. The predicted molar refractivity (Wildman–Crippen MR) is 92.7 cm³/mol. The summed E-state index contributed by atoms with van der Waals surface area (Å²) in [5.41, 5.74) is 0.905. The number of halogens is 2. The quantitative estimate of drug-likeness (QED) is 0.783. The molecular weight excluding hydrogens is 319 g/mol. The lowest BCUT2D eigenvalue weighted by molar-refractivity contribution is -0.131. The second kappa shape index (κ2) is 8.19. The Hall–Kier alpha value is -0.770. The largest absolute Gasteiger partial charge is 0.341 e. The number of carbonyl (C=O) groups excluding carboxylic acids is 1. The zero-order valence-electron chi connectivity index (χ0n) is 13.3. The van der Waals surface area contributed by atoms with E-state index in [0.717, 1.165) is 31.6 Å². The Morgan fingerprint density at radius 1 is 1.27 bits per heavy atom. The van der Waals surface area contributed by atoms with Crippen LogP contribution in [0.25, 0.3) is 0 Å². The number of hydrogen-bond acceptors (Lipinski definition) is 2. The van der Waals surface area contributed by atoms with Crippen LogP contribution in [0.2, 0.25) is 10.0 Å². The molecular formula is C17H24Cl2N2O. The van der Waals surface area contributed by atoms with E-state index in [0.29, 0.717) is 16.5 Å². The maximum absolute atomic E-state index is 12.5. The fourth-order valence-electron chi connectivity index (χ4n) is 2.94. The van der Waals surface area contributed by atoms with E-state index in [9.17, 15) is 4.79 Å². The zero-order valence-corrected chi connectivity index (χ0v) is 14.8. The summed E-state index contributed by atoms with van der Waals surface area (Å²) in [6, 6.07) is 5.65. The first-order valence-electron chi connectivity index (χ1n) is 7.93. The second-order valence-electron chi connectivity index (χ2n) is 6.00. The summed E-state index contributed by atoms with van der Waals surface area (Å²) < 4.78 is 0. The highest BCUT2D eigenvalue weighted by Gasteiger charge is 2.22. The molecule has 1 atom stereocenters. The highest BCUT2D eigenvalue weighted by molar-refractivity contribution is 6.42. The van der Waals surface area contributed by atoms with E-state index in [4.69, 9.17) is 23.2 Å². The third-order valence-corrected chi connectivity index (χ3v) is 5.16. The second-order valence-corrected chi connectivity index (χ2v) is 6.81. The number of likely N-dealkylation sites (tertiary alicyclic amines) is 1. The molecule has 5 heteroatoms. The maximum atomic E-state index is 12.5. The lowest BCUT2D eigenvalue weighted by Crippen LogP contribution is -2.44. The van der Waals surface area contributed by atoms with Crippen molar-refractivity contribution in [3.63, 3.8) is 0 Å². The van der Waals surface area contributed by atoms with Gasteiger partial charge in [-0.05, 0) is 50.0 Å². The summed E-state index contributed by atoms with van der Waals surface area (Å²) in [5.74, 6) is 0.129. The number of rotatable bonds is 6. The number of benzene rings is 1. The van der Waals surface area contributed by atoms with Crippen LogP contribution in [0.3, 0.4) is 0 Å². The van der Waals surface area contributed by atoms with Gasteiger partial charge < -0.3 is 9.80 Å². The Labute approximate surface area is 143 Å². The molecule has 3 nitrogen and oxygen atoms in total. The summed E-state index contributed by atoms with van der Waals surface area (Å²) in [5, 5.41) is 1.02. The molecule has 1 aliphatic rings. The molecule has 1 aliphatic heterocycles. The lowest BCUT2D eigenvalue weighted by atomic mass is 10.1. The Morgan fingerprint density at radius 3 is 2.55 bits per heavy atom. The molecule has 1 aromatic carbocycles. The molecule has 0 spiro atoms. The smallest absolute Gasteiger partial charge is 0.227 e. The van der Waals surface area contributed by atoms with Gasteiger partial charge in [0.15, 0.2) is 0 Å². The highest BCUT2D eigenvalue weighted by atomic mass is 35.5. The molecule has 1 saturated heterocycles. The monoisotopic (exact) mass is 342 g/mol. The van der Waals surface area contributed by atoms with Gasteiger partial charge in [-0.15, -0.1) is 0 Å². The van der Waals surface area contributed by atoms with Crippen LogP contribution in [0, 0.1) is 0 Å². The molecule has 0 bridgehead atoms. The minimum Gasteiger partial charge on any atom is -0.341 e. The van der Waals surface area contributed by atoms with Gasteiger partial charge in [-0.3, -0.25) is 4.79 Å². The Balaban J connectivity index is 1.95. The third-order valence-electron chi connectivity index (χ3n) is 4.42. The van der Waals surface area contributed by atoms with Crippen LogP contribution in [0.1, 0.15) is 31.7 Å². The van der Waals surface area contributed by atoms with Gasteiger partial charge in [-0.2, -0.15) is 0 Å². The van der Waals surface area contributed by atoms with Gasteiger partial charge in [-0.25, -0.2) is 0 Å². The number of nitrogens with zero attached hydrogens (tertiary/aromatic N) is 2. The Morgan fingerprint density at radius 2 is 1.95 bits per heavy atom. The maximum Gasteiger partial charge on any atom is 0.227 e. The molecule has 0 N–H and O–H groups in total. The highest BCUT2D eigenvalue weighted by Crippen LogP contribution is 2.23. The summed E-state index contributed by atoms with van der Waals surface area (Å²) >= 11 is 11.9. The molecule has 1 amide bonds. The molecule has 0 radical (unpaired) electrons. The molecule has 1 heterocycles. The first-order valence-corrected chi connectivity index (χ1v) is 8.68. The Kier molecular flexibility index (Phi) is 6.54. The van der Waals surface area contributed by atoms with Crippen molar-refractivity contribution in [2.75, 3.05) is 26.7 Å². The number of amides is 1. The van der Waals surface area contributed by atoms with Gasteiger partial charge in [0.1, 0.15) is 0 Å². The molecule has 2 rings (SSSR count). The molecule has 0 aromatic heterocycles. The average Bonchev–Trinajstić information content (AvgIpc) is 3.01. The molecule has 0 saturated carbocycles. The third kappa shape index (κ3) is 4.61. The van der Waals surface area contributed by atoms with Gasteiger partial charge in [-0.1, -0.05) is 36.2 Å². The number of carbonyl (C=O) groups is 1. The van der Waals surface area contributed by atoms with E-state index < -0.39 is 0 Å². The van der Waals surface area contributed by atoms with Gasteiger partial charge in [0, 0.05) is 19.6 Å². The van der Waals surface area contributed by atoms with Crippen LogP contribution in [0.4, 0.5) is 0 Å². The first-order chi connectivity index (χ1) is 10.5. The molecule has 0 unspecified atom stereocenters. The SMILES string of the molecule is CC[C@@H](CN1CCCC1)N(C)C(=O)Cc1ccc(Cl)c(Cl)c1. The van der Waals surface area contributed by atoms with E-state index >= 15 is 0 Å². The first kappa shape index (κ1) is 17.6. The van der Waals surface area contributed by atoms with Crippen molar-refractivity contribution in [3.8, 4) is 0 Å². The van der Waals surface area contributed by atoms with Crippen molar-refractivity contribution in [2.45, 2.75) is 38.6 Å². The average molecular weight is 343 g/mol. The van der Waals surface area contributed by atoms with E-state index in [-0.39, 0.29) is 11.9 Å². The van der Waals surface area contributed by atoms with Gasteiger partial charge in [0.05, 0.1) is 16.5 Å². The molecule has 122 valence electrons. The van der Waals surface area contributed by atoms with Crippen LogP contribution >= 0.6 is 23.2 Å². The topological polar surface area (TPSA) is 23.6 Å². The normalized spacial score (nSPS) is 16.7. The van der Waals surface area contributed by atoms with Crippen LogP contribution in [-0.2, 0) is 11.2 Å². The molecule has 1 fully saturated rings. The zero-order chi connectivity index (χ0) is 16.1. The van der Waals surface area contributed by atoms with Crippen molar-refractivity contribution in [2.24, 2.45) is 0 Å². The van der Waals surface area contributed by atoms with Crippen molar-refractivity contribution in [1.82, 2.24) is 9.80 Å². The van der Waals surface area contributed by atoms with Crippen molar-refractivity contribution >= 4 is 29.1 Å². The van der Waals surface area contributed by atoms with Gasteiger partial charge in [0.2, 0.25) is 5.91 Å². The van der Waals surface area contributed by atoms with Crippen LogP contribution < -0.4 is 0 Å². The van der Waals surface area contributed by atoms with E-state index in [1.165, 1.54) is 12.8 Å². The minimum absolute atomic E-state index is 0.129. The van der Waals surface area contributed by atoms with E-state index in [1.54, 1.807) is 12.1 Å². The van der Waals surface area contributed by atoms with Crippen molar-refractivity contribution < 1.29 is 4.79 Å². The minimum atomic E-state index is 0.129. The molecule has 1 aromatic rings. The fraction of sp³-hybridized carbons (Fsp3) is 0.588. The fourth-order valence-corrected chi connectivity index (χ4v) is 3.26. The van der Waals surface area contributed by atoms with E-state index in [2.05, 4.69) is 11.8 Å². The van der Waals surface area contributed by atoms with Crippen molar-refractivity contribution in [1.29, 1.82) is 0 Å².